The predicted octanol–water partition coefficient (Wildman–Crippen LogP) is 4.90. The Morgan fingerprint density at radius 1 is 0.971 bits per heavy atom. The number of rotatable bonds is 8. The molecule has 1 saturated heterocycles. The molecule has 174 valence electrons. The number of aliphatic hydroxyl groups excluding tert-OH is 1. The third kappa shape index (κ3) is 4.50. The largest absolute Gasteiger partial charge is 0.507 e. The van der Waals surface area contributed by atoms with Crippen molar-refractivity contribution in [3.63, 3.8) is 0 Å². The first-order valence-electron chi connectivity index (χ1n) is 11.2. The van der Waals surface area contributed by atoms with E-state index in [4.69, 9.17) is 9.47 Å². The Morgan fingerprint density at radius 2 is 1.71 bits per heavy atom. The normalized spacial score (nSPS) is 17.1. The number of ether oxygens (including phenoxy) is 2. The van der Waals surface area contributed by atoms with E-state index in [1.807, 2.05) is 13.8 Å². The summed E-state index contributed by atoms with van der Waals surface area (Å²) in [6, 6.07) is 16.4. The molecule has 1 amide bonds. The molecule has 1 N–H and O–H groups in total. The van der Waals surface area contributed by atoms with E-state index in [2.05, 4.69) is 4.98 Å². The average molecular weight is 459 g/mol. The number of aromatic nitrogens is 1. The highest BCUT2D eigenvalue weighted by Crippen LogP contribution is 2.42. The van der Waals surface area contributed by atoms with E-state index < -0.39 is 17.7 Å². The van der Waals surface area contributed by atoms with Crippen LogP contribution in [0.25, 0.3) is 5.76 Å². The second-order valence-electron chi connectivity index (χ2n) is 7.75. The maximum atomic E-state index is 13.2. The third-order valence-electron chi connectivity index (χ3n) is 5.47. The molecular weight excluding hydrogens is 432 g/mol. The van der Waals surface area contributed by atoms with Gasteiger partial charge in [-0.2, -0.15) is 0 Å². The van der Waals surface area contributed by atoms with Gasteiger partial charge >= 0.3 is 0 Å². The van der Waals surface area contributed by atoms with Crippen LogP contribution >= 0.6 is 0 Å². The highest BCUT2D eigenvalue weighted by molar-refractivity contribution is 6.51. The summed E-state index contributed by atoms with van der Waals surface area (Å²) in [7, 11) is 0. The molecule has 1 fully saturated rings. The van der Waals surface area contributed by atoms with Crippen molar-refractivity contribution in [1.29, 1.82) is 0 Å². The van der Waals surface area contributed by atoms with Crippen molar-refractivity contribution in [3.8, 4) is 11.5 Å². The van der Waals surface area contributed by atoms with Crippen molar-refractivity contribution in [3.05, 3.63) is 89.8 Å². The zero-order valence-corrected chi connectivity index (χ0v) is 19.1. The van der Waals surface area contributed by atoms with Gasteiger partial charge in [0.2, 0.25) is 0 Å². The minimum absolute atomic E-state index is 0.0141. The Kier molecular flexibility index (Phi) is 6.92. The Hall–Kier alpha value is -4.13. The van der Waals surface area contributed by atoms with Crippen molar-refractivity contribution >= 4 is 23.1 Å². The smallest absolute Gasteiger partial charge is 0.300 e. The molecule has 34 heavy (non-hydrogen) atoms. The number of pyridine rings is 1. The van der Waals surface area contributed by atoms with Crippen molar-refractivity contribution in [2.75, 3.05) is 18.1 Å². The van der Waals surface area contributed by atoms with Crippen LogP contribution in [0, 0.1) is 0 Å². The van der Waals surface area contributed by atoms with Crippen LogP contribution in [0.1, 0.15) is 37.4 Å². The van der Waals surface area contributed by atoms with Gasteiger partial charge in [0.1, 0.15) is 17.3 Å². The van der Waals surface area contributed by atoms with Crippen LogP contribution in [0.3, 0.4) is 0 Å². The fourth-order valence-electron chi connectivity index (χ4n) is 3.93. The van der Waals surface area contributed by atoms with E-state index in [9.17, 15) is 14.7 Å². The van der Waals surface area contributed by atoms with Crippen LogP contribution in [-0.4, -0.2) is 35.0 Å². The second-order valence-corrected chi connectivity index (χ2v) is 7.75. The molecule has 0 spiro atoms. The Balaban J connectivity index is 1.82. The molecule has 0 aliphatic carbocycles. The Labute approximate surface area is 198 Å². The molecule has 1 atom stereocenters. The first-order chi connectivity index (χ1) is 16.5. The topological polar surface area (TPSA) is 89.0 Å². The maximum absolute atomic E-state index is 13.2. The number of nitrogens with zero attached hydrogens (tertiary/aromatic N) is 2. The van der Waals surface area contributed by atoms with E-state index in [1.165, 1.54) is 4.90 Å². The molecule has 4 rings (SSSR count). The van der Waals surface area contributed by atoms with Crippen LogP contribution in [0.5, 0.6) is 11.5 Å². The summed E-state index contributed by atoms with van der Waals surface area (Å²) >= 11 is 0. The number of carbonyl (C=O) groups excluding carboxylic acids is 2. The predicted molar refractivity (Wildman–Crippen MR) is 129 cm³/mol. The van der Waals surface area contributed by atoms with Gasteiger partial charge < -0.3 is 14.6 Å². The minimum atomic E-state index is -0.823. The molecule has 2 heterocycles. The molecule has 2 aromatic carbocycles. The van der Waals surface area contributed by atoms with Gasteiger partial charge in [-0.1, -0.05) is 13.0 Å². The van der Waals surface area contributed by atoms with Crippen LogP contribution in [0.4, 0.5) is 5.69 Å². The van der Waals surface area contributed by atoms with Gasteiger partial charge in [-0.25, -0.2) is 0 Å². The number of carbonyl (C=O) groups is 2. The molecule has 1 aliphatic rings. The molecule has 7 heteroatoms. The molecule has 7 nitrogen and oxygen atoms in total. The van der Waals surface area contributed by atoms with E-state index >= 15 is 0 Å². The van der Waals surface area contributed by atoms with Gasteiger partial charge in [-0.15, -0.1) is 0 Å². The van der Waals surface area contributed by atoms with Crippen LogP contribution in [-0.2, 0) is 9.59 Å². The lowest BCUT2D eigenvalue weighted by Gasteiger charge is -2.25. The first kappa shape index (κ1) is 23.0. The molecule has 1 unspecified atom stereocenters. The average Bonchev–Trinajstić information content (AvgIpc) is 3.14. The minimum Gasteiger partial charge on any atom is -0.507 e. The van der Waals surface area contributed by atoms with E-state index in [-0.39, 0.29) is 11.3 Å². The zero-order chi connectivity index (χ0) is 24.1. The first-order valence-corrected chi connectivity index (χ1v) is 11.2. The summed E-state index contributed by atoms with van der Waals surface area (Å²) < 4.78 is 11.2. The second kappa shape index (κ2) is 10.2. The van der Waals surface area contributed by atoms with Crippen molar-refractivity contribution in [2.24, 2.45) is 0 Å². The number of amides is 1. The Morgan fingerprint density at radius 3 is 2.38 bits per heavy atom. The van der Waals surface area contributed by atoms with Gasteiger partial charge in [0.25, 0.3) is 11.7 Å². The lowest BCUT2D eigenvalue weighted by atomic mass is 9.95. The fraction of sp³-hybridized carbons (Fsp3) is 0.222. The standard InChI is InChI=1S/C27H26N2O5/c1-3-16-34-21-10-8-19(9-11-21)25(30)23-24(18-12-14-28-15-13-18)29(27(32)26(23)31)20-6-5-7-22(17-20)33-4-2/h5-15,17,24,30H,3-4,16H2,1-2H3/b25-23+. The molecule has 1 aromatic heterocycles. The lowest BCUT2D eigenvalue weighted by Crippen LogP contribution is -2.29. The summed E-state index contributed by atoms with van der Waals surface area (Å²) in [5, 5.41) is 11.2. The lowest BCUT2D eigenvalue weighted by molar-refractivity contribution is -0.132. The van der Waals surface area contributed by atoms with E-state index in [0.29, 0.717) is 41.5 Å². The molecule has 1 aliphatic heterocycles. The van der Waals surface area contributed by atoms with Crippen LogP contribution in [0.15, 0.2) is 78.6 Å². The van der Waals surface area contributed by atoms with Crippen molar-refractivity contribution in [2.45, 2.75) is 26.3 Å². The van der Waals surface area contributed by atoms with E-state index in [1.54, 1.807) is 73.1 Å². The summed E-state index contributed by atoms with van der Waals surface area (Å²) in [4.78, 5) is 31.9. The number of aliphatic hydroxyl groups is 1. The van der Waals surface area contributed by atoms with Crippen molar-refractivity contribution < 1.29 is 24.2 Å². The quantitative estimate of drug-likeness (QED) is 0.294. The summed E-state index contributed by atoms with van der Waals surface area (Å²) in [5.74, 6) is -0.478. The number of hydrogen-bond donors (Lipinski definition) is 1. The molecular formula is C27H26N2O5. The highest BCUT2D eigenvalue weighted by atomic mass is 16.5. The monoisotopic (exact) mass is 458 g/mol. The molecule has 3 aromatic rings. The molecule has 0 bridgehead atoms. The summed E-state index contributed by atoms with van der Waals surface area (Å²) in [6.45, 7) is 4.93. The SMILES string of the molecule is CCCOc1ccc(/C(O)=C2\C(=O)C(=O)N(c3cccc(OCC)c3)C2c2ccncc2)cc1. The van der Waals surface area contributed by atoms with Crippen LogP contribution < -0.4 is 14.4 Å². The van der Waals surface area contributed by atoms with Gasteiger partial charge in [-0.3, -0.25) is 19.5 Å². The molecule has 0 radical (unpaired) electrons. The third-order valence-corrected chi connectivity index (χ3v) is 5.47. The van der Waals surface area contributed by atoms with Gasteiger partial charge in [0.05, 0.1) is 24.8 Å². The number of Topliss-reactive ketones (excluding diaryl/α,β-unsaturated/α-hetero) is 1. The highest BCUT2D eigenvalue weighted by Gasteiger charge is 2.47. The number of ketones is 1. The summed E-state index contributed by atoms with van der Waals surface area (Å²) in [5.41, 5.74) is 1.59. The van der Waals surface area contributed by atoms with E-state index in [0.717, 1.165) is 6.42 Å². The summed E-state index contributed by atoms with van der Waals surface area (Å²) in [6.07, 6.45) is 4.06. The number of anilines is 1. The van der Waals surface area contributed by atoms with Gasteiger partial charge in [-0.05, 0) is 67.4 Å². The number of hydrogen-bond acceptors (Lipinski definition) is 6. The van der Waals surface area contributed by atoms with Crippen molar-refractivity contribution in [1.82, 2.24) is 4.98 Å². The maximum Gasteiger partial charge on any atom is 0.300 e. The molecule has 0 saturated carbocycles. The van der Waals surface area contributed by atoms with Gasteiger partial charge in [0, 0.05) is 29.7 Å². The Bertz CT molecular complexity index is 1210. The number of benzene rings is 2. The zero-order valence-electron chi connectivity index (χ0n) is 19.1. The van der Waals surface area contributed by atoms with Crippen LogP contribution in [0.2, 0.25) is 0 Å². The van der Waals surface area contributed by atoms with Gasteiger partial charge in [0.15, 0.2) is 0 Å². The fourth-order valence-corrected chi connectivity index (χ4v) is 3.93.